The number of rotatable bonds is 6. The van der Waals surface area contributed by atoms with Gasteiger partial charge >= 0.3 is 0 Å². The van der Waals surface area contributed by atoms with E-state index in [0.717, 1.165) is 11.4 Å². The zero-order valence-electron chi connectivity index (χ0n) is 14.1. The second-order valence-electron chi connectivity index (χ2n) is 5.40. The summed E-state index contributed by atoms with van der Waals surface area (Å²) in [5.74, 6) is 0.166. The maximum Gasteiger partial charge on any atom is 0.274 e. The van der Waals surface area contributed by atoms with Crippen LogP contribution in [0.2, 0.25) is 5.02 Å². The summed E-state index contributed by atoms with van der Waals surface area (Å²) in [6.07, 6.45) is 3.31. The van der Waals surface area contributed by atoms with Crippen LogP contribution in [0.3, 0.4) is 0 Å². The lowest BCUT2D eigenvalue weighted by Gasteiger charge is -2.11. The Morgan fingerprint density at radius 1 is 1.12 bits per heavy atom. The van der Waals surface area contributed by atoms with Gasteiger partial charge in [-0.05, 0) is 42.5 Å². The first-order valence-corrected chi connectivity index (χ1v) is 8.28. The molecule has 3 aromatic rings. The molecule has 3 rings (SSSR count). The third-order valence-corrected chi connectivity index (χ3v) is 3.84. The van der Waals surface area contributed by atoms with Crippen molar-refractivity contribution in [3.63, 3.8) is 0 Å². The van der Waals surface area contributed by atoms with Crippen LogP contribution < -0.4 is 15.4 Å². The number of ether oxygens (including phenoxy) is 1. The Bertz CT molecular complexity index is 903. The van der Waals surface area contributed by atoms with Crippen molar-refractivity contribution in [1.82, 2.24) is 9.97 Å². The first kappa shape index (κ1) is 17.7. The monoisotopic (exact) mass is 368 g/mol. The lowest BCUT2D eigenvalue weighted by Crippen LogP contribution is -2.14. The molecule has 0 saturated heterocycles. The number of carbonyl (C=O) groups is 1. The van der Waals surface area contributed by atoms with Crippen molar-refractivity contribution in [2.45, 2.75) is 6.54 Å². The predicted molar refractivity (Wildman–Crippen MR) is 102 cm³/mol. The van der Waals surface area contributed by atoms with E-state index in [1.165, 1.54) is 7.11 Å². The second-order valence-corrected chi connectivity index (χ2v) is 5.84. The van der Waals surface area contributed by atoms with Crippen molar-refractivity contribution in [3.05, 3.63) is 77.3 Å². The van der Waals surface area contributed by atoms with Gasteiger partial charge in [0.1, 0.15) is 11.4 Å². The van der Waals surface area contributed by atoms with E-state index < -0.39 is 0 Å². The largest absolute Gasteiger partial charge is 0.495 e. The zero-order chi connectivity index (χ0) is 18.4. The molecule has 0 bridgehead atoms. The molecule has 2 N–H and O–H groups in total. The third-order valence-electron chi connectivity index (χ3n) is 3.60. The Balaban J connectivity index is 1.71. The molecule has 0 aliphatic rings. The number of benzene rings is 1. The van der Waals surface area contributed by atoms with Crippen LogP contribution in [0.4, 0.5) is 11.4 Å². The number of nitrogens with one attached hydrogen (secondary N) is 2. The van der Waals surface area contributed by atoms with Crippen LogP contribution in [0.25, 0.3) is 0 Å². The minimum atomic E-state index is -0.355. The van der Waals surface area contributed by atoms with Gasteiger partial charge in [0.05, 0.1) is 25.0 Å². The van der Waals surface area contributed by atoms with Crippen molar-refractivity contribution in [1.29, 1.82) is 0 Å². The van der Waals surface area contributed by atoms with Gasteiger partial charge in [0, 0.05) is 23.1 Å². The molecule has 0 fully saturated rings. The number of amides is 1. The molecule has 0 spiro atoms. The maximum atomic E-state index is 12.5. The molecular formula is C19H17ClN4O2. The lowest BCUT2D eigenvalue weighted by molar-refractivity contribution is 0.102. The first-order valence-electron chi connectivity index (χ1n) is 7.90. The van der Waals surface area contributed by atoms with Gasteiger partial charge in [0.25, 0.3) is 5.91 Å². The molecule has 0 unspecified atom stereocenters. The Labute approximate surface area is 156 Å². The van der Waals surface area contributed by atoms with E-state index in [4.69, 9.17) is 16.3 Å². The molecule has 0 radical (unpaired) electrons. The fourth-order valence-corrected chi connectivity index (χ4v) is 2.50. The van der Waals surface area contributed by atoms with Gasteiger partial charge in [-0.1, -0.05) is 17.7 Å². The summed E-state index contributed by atoms with van der Waals surface area (Å²) in [6.45, 7) is 0.550. The van der Waals surface area contributed by atoms with E-state index in [2.05, 4.69) is 20.6 Å². The van der Waals surface area contributed by atoms with Crippen molar-refractivity contribution < 1.29 is 9.53 Å². The number of pyridine rings is 2. The average molecular weight is 369 g/mol. The quantitative estimate of drug-likeness (QED) is 0.687. The van der Waals surface area contributed by atoms with Crippen molar-refractivity contribution in [2.24, 2.45) is 0 Å². The van der Waals surface area contributed by atoms with Gasteiger partial charge in [-0.3, -0.25) is 14.8 Å². The van der Waals surface area contributed by atoms with Crippen LogP contribution in [0.5, 0.6) is 5.75 Å². The number of methoxy groups -OCH3 is 1. The minimum absolute atomic E-state index is 0.276. The lowest BCUT2D eigenvalue weighted by atomic mass is 10.2. The SMILES string of the molecule is COc1ccc(Cl)cc1NC(=O)c1cc(NCc2ccccn2)ccn1. The van der Waals surface area contributed by atoms with Crippen LogP contribution in [0.15, 0.2) is 60.9 Å². The number of halogens is 1. The average Bonchev–Trinajstić information content (AvgIpc) is 2.67. The Kier molecular flexibility index (Phi) is 5.66. The highest BCUT2D eigenvalue weighted by Gasteiger charge is 2.12. The second kappa shape index (κ2) is 8.31. The van der Waals surface area contributed by atoms with E-state index in [1.54, 1.807) is 42.7 Å². The number of carbonyl (C=O) groups excluding carboxylic acids is 1. The smallest absolute Gasteiger partial charge is 0.274 e. The Morgan fingerprint density at radius 2 is 2.00 bits per heavy atom. The molecule has 26 heavy (non-hydrogen) atoms. The number of hydrogen-bond donors (Lipinski definition) is 2. The number of hydrogen-bond acceptors (Lipinski definition) is 5. The number of nitrogens with zero attached hydrogens (tertiary/aromatic N) is 2. The molecule has 0 saturated carbocycles. The third kappa shape index (κ3) is 4.49. The predicted octanol–water partition coefficient (Wildman–Crippen LogP) is 4.00. The van der Waals surface area contributed by atoms with Crippen molar-refractivity contribution >= 4 is 28.9 Å². The molecule has 0 atom stereocenters. The fraction of sp³-hybridized carbons (Fsp3) is 0.105. The summed E-state index contributed by atoms with van der Waals surface area (Å²) in [5.41, 5.74) is 2.43. The molecule has 132 valence electrons. The van der Waals surface area contributed by atoms with Crippen LogP contribution in [-0.2, 0) is 6.54 Å². The minimum Gasteiger partial charge on any atom is -0.495 e. The molecule has 6 nitrogen and oxygen atoms in total. The van der Waals surface area contributed by atoms with Crippen LogP contribution >= 0.6 is 11.6 Å². The van der Waals surface area contributed by atoms with Crippen molar-refractivity contribution in [3.8, 4) is 5.75 Å². The normalized spacial score (nSPS) is 10.2. The van der Waals surface area contributed by atoms with Gasteiger partial charge in [-0.15, -0.1) is 0 Å². The Hall–Kier alpha value is -3.12. The fourth-order valence-electron chi connectivity index (χ4n) is 2.32. The Morgan fingerprint density at radius 3 is 2.77 bits per heavy atom. The van der Waals surface area contributed by atoms with Gasteiger partial charge < -0.3 is 15.4 Å². The molecule has 2 heterocycles. The van der Waals surface area contributed by atoms with Crippen LogP contribution in [0, 0.1) is 0 Å². The molecule has 0 aliphatic carbocycles. The highest BCUT2D eigenvalue weighted by atomic mass is 35.5. The zero-order valence-corrected chi connectivity index (χ0v) is 14.8. The standard InChI is InChI=1S/C19H17ClN4O2/c1-26-18-6-5-13(20)10-16(18)24-19(25)17-11-14(7-9-22-17)23-12-15-4-2-3-8-21-15/h2-11H,12H2,1H3,(H,22,23)(H,24,25). The van der Waals surface area contributed by atoms with E-state index >= 15 is 0 Å². The summed E-state index contributed by atoms with van der Waals surface area (Å²) in [6, 6.07) is 14.2. The van der Waals surface area contributed by atoms with Gasteiger partial charge in [-0.25, -0.2) is 0 Å². The topological polar surface area (TPSA) is 76.1 Å². The first-order chi connectivity index (χ1) is 12.7. The van der Waals surface area contributed by atoms with Crippen molar-refractivity contribution in [2.75, 3.05) is 17.7 Å². The molecule has 0 aliphatic heterocycles. The van der Waals surface area contributed by atoms with Gasteiger partial charge in [0.15, 0.2) is 0 Å². The maximum absolute atomic E-state index is 12.5. The van der Waals surface area contributed by atoms with Gasteiger partial charge in [-0.2, -0.15) is 0 Å². The number of anilines is 2. The molecule has 2 aromatic heterocycles. The highest BCUT2D eigenvalue weighted by molar-refractivity contribution is 6.31. The number of aromatic nitrogens is 2. The van der Waals surface area contributed by atoms with E-state index in [1.807, 2.05) is 18.2 Å². The summed E-state index contributed by atoms with van der Waals surface area (Å²) >= 11 is 5.99. The van der Waals surface area contributed by atoms with E-state index in [0.29, 0.717) is 23.0 Å². The van der Waals surface area contributed by atoms with E-state index in [-0.39, 0.29) is 11.6 Å². The highest BCUT2D eigenvalue weighted by Crippen LogP contribution is 2.28. The summed E-state index contributed by atoms with van der Waals surface area (Å²) in [7, 11) is 1.53. The summed E-state index contributed by atoms with van der Waals surface area (Å²) in [5, 5.41) is 6.49. The van der Waals surface area contributed by atoms with Crippen LogP contribution in [-0.4, -0.2) is 23.0 Å². The molecule has 1 amide bonds. The van der Waals surface area contributed by atoms with Crippen LogP contribution in [0.1, 0.15) is 16.2 Å². The molecule has 1 aromatic carbocycles. The molecule has 7 heteroatoms. The van der Waals surface area contributed by atoms with E-state index in [9.17, 15) is 4.79 Å². The summed E-state index contributed by atoms with van der Waals surface area (Å²) < 4.78 is 5.24. The molecular weight excluding hydrogens is 352 g/mol. The van der Waals surface area contributed by atoms with Gasteiger partial charge in [0.2, 0.25) is 0 Å². The summed E-state index contributed by atoms with van der Waals surface area (Å²) in [4.78, 5) is 20.9.